The molecule has 0 aromatic carbocycles. The lowest BCUT2D eigenvalue weighted by molar-refractivity contribution is 0.349. The monoisotopic (exact) mass is 294 g/mol. The summed E-state index contributed by atoms with van der Waals surface area (Å²) in [4.78, 5) is 9.09. The zero-order chi connectivity index (χ0) is 14.4. The summed E-state index contributed by atoms with van der Waals surface area (Å²) in [5.41, 5.74) is 0. The molecule has 2 unspecified atom stereocenters. The van der Waals surface area contributed by atoms with E-state index in [9.17, 15) is 0 Å². The summed E-state index contributed by atoms with van der Waals surface area (Å²) in [6, 6.07) is 2.59. The normalized spacial score (nSPS) is 22.6. The van der Waals surface area contributed by atoms with Gasteiger partial charge in [0.05, 0.1) is 0 Å². The minimum atomic E-state index is 0.549. The molecule has 0 bridgehead atoms. The van der Waals surface area contributed by atoms with Crippen LogP contribution >= 0.6 is 11.8 Å². The number of thioether (sulfide) groups is 1. The van der Waals surface area contributed by atoms with E-state index in [0.29, 0.717) is 6.04 Å². The van der Waals surface area contributed by atoms with Crippen LogP contribution in [0.1, 0.15) is 46.0 Å². The van der Waals surface area contributed by atoms with E-state index in [4.69, 9.17) is 0 Å². The Balaban J connectivity index is 2.08. The van der Waals surface area contributed by atoms with E-state index in [0.717, 1.165) is 35.7 Å². The molecular weight excluding hydrogens is 268 g/mol. The lowest BCUT2D eigenvalue weighted by Gasteiger charge is -2.30. The number of hydrogen-bond acceptors (Lipinski definition) is 5. The molecule has 1 saturated carbocycles. The Morgan fingerprint density at radius 1 is 1.25 bits per heavy atom. The van der Waals surface area contributed by atoms with Gasteiger partial charge in [-0.15, -0.1) is 0 Å². The van der Waals surface area contributed by atoms with Gasteiger partial charge >= 0.3 is 0 Å². The van der Waals surface area contributed by atoms with E-state index < -0.39 is 0 Å². The van der Waals surface area contributed by atoms with Crippen LogP contribution in [-0.2, 0) is 0 Å². The average molecular weight is 294 g/mol. The Morgan fingerprint density at radius 2 is 2.00 bits per heavy atom. The van der Waals surface area contributed by atoms with Gasteiger partial charge in [0.1, 0.15) is 11.6 Å². The third-order valence-corrected chi connectivity index (χ3v) is 4.44. The molecule has 20 heavy (non-hydrogen) atoms. The van der Waals surface area contributed by atoms with Crippen LogP contribution in [0.4, 0.5) is 11.6 Å². The fourth-order valence-electron chi connectivity index (χ4n) is 2.65. The number of nitrogens with one attached hydrogen (secondary N) is 2. The molecule has 2 atom stereocenters. The largest absolute Gasteiger partial charge is 0.370 e. The first-order chi connectivity index (χ1) is 9.72. The zero-order valence-electron chi connectivity index (χ0n) is 12.8. The molecule has 5 heteroatoms. The van der Waals surface area contributed by atoms with Crippen LogP contribution in [0.25, 0.3) is 0 Å². The summed E-state index contributed by atoms with van der Waals surface area (Å²) >= 11 is 1.59. The SMILES string of the molecule is CCCNc1cc(NC2CCCCC2C)nc(SC)n1. The van der Waals surface area contributed by atoms with E-state index in [1.165, 1.54) is 25.7 Å². The molecule has 1 aromatic rings. The molecular formula is C15H26N4S. The summed E-state index contributed by atoms with van der Waals surface area (Å²) in [5, 5.41) is 7.80. The average Bonchev–Trinajstić information content (AvgIpc) is 2.47. The number of hydrogen-bond donors (Lipinski definition) is 2. The molecule has 0 radical (unpaired) electrons. The maximum Gasteiger partial charge on any atom is 0.191 e. The summed E-state index contributed by atoms with van der Waals surface area (Å²) in [5.74, 6) is 2.61. The topological polar surface area (TPSA) is 49.8 Å². The van der Waals surface area contributed by atoms with Gasteiger partial charge in [-0.2, -0.15) is 0 Å². The van der Waals surface area contributed by atoms with Crippen molar-refractivity contribution >= 4 is 23.4 Å². The fraction of sp³-hybridized carbons (Fsp3) is 0.733. The van der Waals surface area contributed by atoms with E-state index in [2.05, 4.69) is 34.4 Å². The lowest BCUT2D eigenvalue weighted by atomic mass is 9.86. The molecule has 112 valence electrons. The van der Waals surface area contributed by atoms with Crippen molar-refractivity contribution in [3.05, 3.63) is 6.07 Å². The molecule has 1 fully saturated rings. The molecule has 1 aromatic heterocycles. The molecule has 2 N–H and O–H groups in total. The van der Waals surface area contributed by atoms with Crippen molar-refractivity contribution in [2.24, 2.45) is 5.92 Å². The molecule has 4 nitrogen and oxygen atoms in total. The molecule has 0 amide bonds. The Kier molecular flexibility index (Phi) is 5.95. The van der Waals surface area contributed by atoms with Crippen molar-refractivity contribution in [3.8, 4) is 0 Å². The summed E-state index contributed by atoms with van der Waals surface area (Å²) in [6.45, 7) is 5.44. The standard InChI is InChI=1S/C15H26N4S/c1-4-9-16-13-10-14(19-15(18-13)20-3)17-12-8-6-5-7-11(12)2/h10-12H,4-9H2,1-3H3,(H2,16,17,18,19). The molecule has 1 aliphatic carbocycles. The summed E-state index contributed by atoms with van der Waals surface area (Å²) in [6.07, 6.45) is 8.37. The first-order valence-electron chi connectivity index (χ1n) is 7.66. The minimum absolute atomic E-state index is 0.549. The van der Waals surface area contributed by atoms with Crippen LogP contribution in [0.15, 0.2) is 11.2 Å². The van der Waals surface area contributed by atoms with Crippen LogP contribution in [-0.4, -0.2) is 28.8 Å². The second-order valence-corrected chi connectivity index (χ2v) is 6.34. The Labute approximate surface area is 126 Å². The van der Waals surface area contributed by atoms with Gasteiger partial charge in [0.15, 0.2) is 5.16 Å². The highest BCUT2D eigenvalue weighted by molar-refractivity contribution is 7.98. The maximum atomic E-state index is 4.59. The van der Waals surface area contributed by atoms with Gasteiger partial charge in [0.2, 0.25) is 0 Å². The van der Waals surface area contributed by atoms with Crippen LogP contribution in [0.2, 0.25) is 0 Å². The molecule has 1 heterocycles. The lowest BCUT2D eigenvalue weighted by Crippen LogP contribution is -2.30. The van der Waals surface area contributed by atoms with E-state index in [1.807, 2.05) is 12.3 Å². The highest BCUT2D eigenvalue weighted by Crippen LogP contribution is 2.27. The molecule has 0 spiro atoms. The Bertz CT molecular complexity index is 424. The highest BCUT2D eigenvalue weighted by Gasteiger charge is 2.21. The third kappa shape index (κ3) is 4.27. The molecule has 0 saturated heterocycles. The van der Waals surface area contributed by atoms with Gasteiger partial charge in [-0.25, -0.2) is 9.97 Å². The van der Waals surface area contributed by atoms with E-state index in [-0.39, 0.29) is 0 Å². The fourth-order valence-corrected chi connectivity index (χ4v) is 3.03. The van der Waals surface area contributed by atoms with Gasteiger partial charge in [-0.1, -0.05) is 38.5 Å². The predicted molar refractivity (Wildman–Crippen MR) is 87.6 cm³/mol. The zero-order valence-corrected chi connectivity index (χ0v) is 13.6. The van der Waals surface area contributed by atoms with Crippen molar-refractivity contribution < 1.29 is 0 Å². The van der Waals surface area contributed by atoms with Gasteiger partial charge in [-0.3, -0.25) is 0 Å². The quantitative estimate of drug-likeness (QED) is 0.613. The van der Waals surface area contributed by atoms with Crippen molar-refractivity contribution in [2.75, 3.05) is 23.4 Å². The maximum absolute atomic E-state index is 4.59. The van der Waals surface area contributed by atoms with Crippen LogP contribution in [0.3, 0.4) is 0 Å². The minimum Gasteiger partial charge on any atom is -0.370 e. The van der Waals surface area contributed by atoms with Crippen molar-refractivity contribution in [2.45, 2.75) is 57.1 Å². The van der Waals surface area contributed by atoms with Crippen LogP contribution < -0.4 is 10.6 Å². The van der Waals surface area contributed by atoms with E-state index in [1.54, 1.807) is 11.8 Å². The van der Waals surface area contributed by atoms with E-state index >= 15 is 0 Å². The summed E-state index contributed by atoms with van der Waals surface area (Å²) < 4.78 is 0. The van der Waals surface area contributed by atoms with Crippen LogP contribution in [0, 0.1) is 5.92 Å². The predicted octanol–water partition coefficient (Wildman–Crippen LogP) is 4.01. The molecule has 0 aliphatic heterocycles. The highest BCUT2D eigenvalue weighted by atomic mass is 32.2. The number of aromatic nitrogens is 2. The summed E-state index contributed by atoms with van der Waals surface area (Å²) in [7, 11) is 0. The number of anilines is 2. The van der Waals surface area contributed by atoms with Crippen molar-refractivity contribution in [1.82, 2.24) is 9.97 Å². The number of nitrogens with zero attached hydrogens (tertiary/aromatic N) is 2. The van der Waals surface area contributed by atoms with Crippen LogP contribution in [0.5, 0.6) is 0 Å². The van der Waals surface area contributed by atoms with Crippen molar-refractivity contribution in [3.63, 3.8) is 0 Å². The van der Waals surface area contributed by atoms with Crippen molar-refractivity contribution in [1.29, 1.82) is 0 Å². The molecule has 1 aliphatic rings. The number of rotatable bonds is 6. The second kappa shape index (κ2) is 7.72. The molecule has 2 rings (SSSR count). The first-order valence-corrected chi connectivity index (χ1v) is 8.89. The first kappa shape index (κ1) is 15.4. The third-order valence-electron chi connectivity index (χ3n) is 3.89. The van der Waals surface area contributed by atoms with Gasteiger partial charge < -0.3 is 10.6 Å². The van der Waals surface area contributed by atoms with Gasteiger partial charge in [-0.05, 0) is 31.4 Å². The van der Waals surface area contributed by atoms with Gasteiger partial charge in [0.25, 0.3) is 0 Å². The Morgan fingerprint density at radius 3 is 2.70 bits per heavy atom. The second-order valence-electron chi connectivity index (χ2n) is 5.56. The Hall–Kier alpha value is -0.970. The van der Waals surface area contributed by atoms with Gasteiger partial charge in [0, 0.05) is 18.7 Å². The smallest absolute Gasteiger partial charge is 0.191 e.